The fourth-order valence-corrected chi connectivity index (χ4v) is 2.58. The van der Waals surface area contributed by atoms with E-state index in [-0.39, 0.29) is 0 Å². The van der Waals surface area contributed by atoms with Gasteiger partial charge in [-0.25, -0.2) is 5.84 Å². The molecule has 0 radical (unpaired) electrons. The number of nitrogens with one attached hydrogen (secondary N) is 1. The lowest BCUT2D eigenvalue weighted by Crippen LogP contribution is -2.28. The molecule has 3 N–H and O–H groups in total. The molecule has 8 heteroatoms. The minimum absolute atomic E-state index is 0.312. The van der Waals surface area contributed by atoms with Gasteiger partial charge in [0, 0.05) is 18.8 Å². The minimum atomic E-state index is 0.312. The summed E-state index contributed by atoms with van der Waals surface area (Å²) in [4.78, 5) is 14.8. The zero-order chi connectivity index (χ0) is 12.8. The van der Waals surface area contributed by atoms with Crippen LogP contribution in [0.4, 0.5) is 11.9 Å². The van der Waals surface area contributed by atoms with Gasteiger partial charge in [-0.1, -0.05) is 0 Å². The molecule has 0 saturated carbocycles. The van der Waals surface area contributed by atoms with Gasteiger partial charge in [0.1, 0.15) is 0 Å². The molecule has 0 aromatic carbocycles. The smallest absolute Gasteiger partial charge is 0.323 e. The number of nitrogens with zero attached hydrogens (tertiary/aromatic N) is 4. The van der Waals surface area contributed by atoms with Crippen LogP contribution in [0.2, 0.25) is 0 Å². The summed E-state index contributed by atoms with van der Waals surface area (Å²) >= 11 is 1.95. The van der Waals surface area contributed by atoms with Gasteiger partial charge in [0.15, 0.2) is 0 Å². The van der Waals surface area contributed by atoms with Gasteiger partial charge >= 0.3 is 6.01 Å². The summed E-state index contributed by atoms with van der Waals surface area (Å²) < 4.78 is 5.32. The second kappa shape index (κ2) is 6.60. The molecule has 7 nitrogen and oxygen atoms in total. The summed E-state index contributed by atoms with van der Waals surface area (Å²) in [5.41, 5.74) is 2.45. The number of ether oxygens (including phenoxy) is 1. The highest BCUT2D eigenvalue weighted by molar-refractivity contribution is 7.99. The molecule has 2 rings (SSSR count). The topological polar surface area (TPSA) is 89.2 Å². The van der Waals surface area contributed by atoms with Gasteiger partial charge in [-0.2, -0.15) is 26.7 Å². The van der Waals surface area contributed by atoms with Crippen molar-refractivity contribution in [2.45, 2.75) is 13.3 Å². The highest BCUT2D eigenvalue weighted by Crippen LogP contribution is 2.18. The van der Waals surface area contributed by atoms with Crippen molar-refractivity contribution in [2.24, 2.45) is 5.84 Å². The Bertz CT molecular complexity index is 383. The Morgan fingerprint density at radius 2 is 2.22 bits per heavy atom. The van der Waals surface area contributed by atoms with Crippen LogP contribution in [0.1, 0.15) is 13.3 Å². The van der Waals surface area contributed by atoms with E-state index >= 15 is 0 Å². The molecule has 0 amide bonds. The maximum absolute atomic E-state index is 5.36. The number of nitrogens with two attached hydrogens (primary N) is 1. The molecule has 1 aliphatic rings. The Labute approximate surface area is 110 Å². The van der Waals surface area contributed by atoms with E-state index in [1.807, 2.05) is 18.7 Å². The third kappa shape index (κ3) is 3.36. The van der Waals surface area contributed by atoms with Crippen LogP contribution < -0.4 is 20.9 Å². The number of thioether (sulfide) groups is 1. The van der Waals surface area contributed by atoms with Crippen molar-refractivity contribution in [3.63, 3.8) is 0 Å². The monoisotopic (exact) mass is 270 g/mol. The van der Waals surface area contributed by atoms with E-state index in [0.717, 1.165) is 25.3 Å². The first-order valence-electron chi connectivity index (χ1n) is 6.01. The molecule has 0 aliphatic carbocycles. The van der Waals surface area contributed by atoms with E-state index in [1.54, 1.807) is 0 Å². The van der Waals surface area contributed by atoms with Crippen LogP contribution in [-0.4, -0.2) is 46.2 Å². The van der Waals surface area contributed by atoms with Crippen LogP contribution in [-0.2, 0) is 0 Å². The molecule has 0 atom stereocenters. The lowest BCUT2D eigenvalue weighted by molar-refractivity contribution is 0.312. The predicted molar refractivity (Wildman–Crippen MR) is 73.0 cm³/mol. The van der Waals surface area contributed by atoms with Crippen molar-refractivity contribution in [1.29, 1.82) is 0 Å². The largest absolute Gasteiger partial charge is 0.464 e. The van der Waals surface area contributed by atoms with Crippen molar-refractivity contribution in [2.75, 3.05) is 41.5 Å². The van der Waals surface area contributed by atoms with Crippen LogP contribution >= 0.6 is 11.8 Å². The quantitative estimate of drug-likeness (QED) is 0.604. The molecular formula is C10H18N6OS. The van der Waals surface area contributed by atoms with E-state index in [4.69, 9.17) is 10.6 Å². The molecule has 100 valence electrons. The first kappa shape index (κ1) is 13.2. The van der Waals surface area contributed by atoms with Crippen molar-refractivity contribution in [3.8, 4) is 6.01 Å². The van der Waals surface area contributed by atoms with Gasteiger partial charge in [0.25, 0.3) is 0 Å². The van der Waals surface area contributed by atoms with Crippen molar-refractivity contribution >= 4 is 23.7 Å². The van der Waals surface area contributed by atoms with Gasteiger partial charge in [-0.05, 0) is 19.1 Å². The third-order valence-electron chi connectivity index (χ3n) is 2.51. The molecule has 1 aromatic rings. The van der Waals surface area contributed by atoms with E-state index in [1.165, 1.54) is 5.75 Å². The maximum atomic E-state index is 5.36. The van der Waals surface area contributed by atoms with E-state index in [2.05, 4.69) is 25.3 Å². The van der Waals surface area contributed by atoms with Crippen molar-refractivity contribution in [1.82, 2.24) is 15.0 Å². The molecule has 1 fully saturated rings. The summed E-state index contributed by atoms with van der Waals surface area (Å²) in [6.45, 7) is 4.29. The summed E-state index contributed by atoms with van der Waals surface area (Å²) in [5.74, 6) is 8.59. The molecule has 1 aliphatic heterocycles. The van der Waals surface area contributed by atoms with Crippen molar-refractivity contribution < 1.29 is 4.74 Å². The standard InChI is InChI=1S/C10H18N6OS/c1-2-17-10-13-8(15-11)12-9(14-10)16-4-3-6-18-7-5-16/h2-7,11H2,1H3,(H,12,13,14,15). The first-order valence-corrected chi connectivity index (χ1v) is 7.17. The minimum Gasteiger partial charge on any atom is -0.464 e. The summed E-state index contributed by atoms with van der Waals surface area (Å²) in [7, 11) is 0. The van der Waals surface area contributed by atoms with Crippen LogP contribution in [0, 0.1) is 0 Å². The third-order valence-corrected chi connectivity index (χ3v) is 3.56. The van der Waals surface area contributed by atoms with Gasteiger partial charge in [-0.3, -0.25) is 5.43 Å². The molecule has 2 heterocycles. The number of hydrogen-bond donors (Lipinski definition) is 2. The summed E-state index contributed by atoms with van der Waals surface area (Å²) in [5, 5.41) is 0. The van der Waals surface area contributed by atoms with Gasteiger partial charge in [0.05, 0.1) is 6.61 Å². The molecule has 18 heavy (non-hydrogen) atoms. The lowest BCUT2D eigenvalue weighted by Gasteiger charge is -2.20. The molecule has 1 aromatic heterocycles. The summed E-state index contributed by atoms with van der Waals surface area (Å²) in [6, 6.07) is 0.312. The SMILES string of the molecule is CCOc1nc(NN)nc(N2CCCSCC2)n1. The molecule has 1 saturated heterocycles. The Morgan fingerprint density at radius 3 is 3.00 bits per heavy atom. The fraction of sp³-hybridized carbons (Fsp3) is 0.700. The number of hydrogen-bond acceptors (Lipinski definition) is 8. The Balaban J connectivity index is 2.21. The number of aromatic nitrogens is 3. The maximum Gasteiger partial charge on any atom is 0.323 e. The second-order valence-electron chi connectivity index (χ2n) is 3.77. The number of rotatable bonds is 4. The first-order chi connectivity index (χ1) is 8.83. The zero-order valence-corrected chi connectivity index (χ0v) is 11.2. The number of nitrogen functional groups attached to an aromatic ring is 1. The van der Waals surface area contributed by atoms with Crippen LogP contribution in [0.3, 0.4) is 0 Å². The summed E-state index contributed by atoms with van der Waals surface area (Å²) in [6.07, 6.45) is 1.13. The fourth-order valence-electron chi connectivity index (χ4n) is 1.69. The lowest BCUT2D eigenvalue weighted by atomic mass is 10.4. The average Bonchev–Trinajstić information content (AvgIpc) is 2.67. The second-order valence-corrected chi connectivity index (χ2v) is 5.00. The number of hydrazine groups is 1. The van der Waals surface area contributed by atoms with Crippen molar-refractivity contribution in [3.05, 3.63) is 0 Å². The van der Waals surface area contributed by atoms with Crippen LogP contribution in [0.15, 0.2) is 0 Å². The highest BCUT2D eigenvalue weighted by atomic mass is 32.2. The Kier molecular flexibility index (Phi) is 4.82. The molecule has 0 bridgehead atoms. The van der Waals surface area contributed by atoms with Crippen LogP contribution in [0.5, 0.6) is 6.01 Å². The van der Waals surface area contributed by atoms with Gasteiger partial charge in [-0.15, -0.1) is 0 Å². The van der Waals surface area contributed by atoms with Gasteiger partial charge in [0.2, 0.25) is 11.9 Å². The average molecular weight is 270 g/mol. The zero-order valence-electron chi connectivity index (χ0n) is 10.4. The molecule has 0 spiro atoms. The van der Waals surface area contributed by atoms with Gasteiger partial charge < -0.3 is 9.64 Å². The van der Waals surface area contributed by atoms with Crippen LogP contribution in [0.25, 0.3) is 0 Å². The Morgan fingerprint density at radius 1 is 1.33 bits per heavy atom. The van der Waals surface area contributed by atoms with E-state index < -0.39 is 0 Å². The number of anilines is 2. The van der Waals surface area contributed by atoms with E-state index in [9.17, 15) is 0 Å². The normalized spacial score (nSPS) is 16.2. The molecule has 0 unspecified atom stereocenters. The molecular weight excluding hydrogens is 252 g/mol. The highest BCUT2D eigenvalue weighted by Gasteiger charge is 2.15. The predicted octanol–water partition coefficient (Wildman–Crippen LogP) is 0.499. The van der Waals surface area contributed by atoms with E-state index in [0.29, 0.717) is 24.5 Å². The Hall–Kier alpha value is -1.28.